The molecule has 0 aromatic heterocycles. The van der Waals surface area contributed by atoms with Crippen molar-refractivity contribution in [2.75, 3.05) is 24.6 Å². The summed E-state index contributed by atoms with van der Waals surface area (Å²) in [6, 6.07) is 0. The molecule has 0 aromatic carbocycles. The molecular weight excluding hydrogens is 222 g/mol. The molecule has 1 aliphatic rings. The van der Waals surface area contributed by atoms with Crippen molar-refractivity contribution in [3.63, 3.8) is 0 Å². The van der Waals surface area contributed by atoms with Crippen LogP contribution in [0, 0.1) is 11.8 Å². The Balaban J connectivity index is 2.08. The van der Waals surface area contributed by atoms with Gasteiger partial charge in [-0.15, -0.1) is 0 Å². The number of hydrogen-bond acceptors (Lipinski definition) is 3. The van der Waals surface area contributed by atoms with E-state index in [0.717, 1.165) is 18.4 Å². The summed E-state index contributed by atoms with van der Waals surface area (Å²) in [6.45, 7) is 5.63. The average Bonchev–Trinajstić information content (AvgIpc) is 2.27. The highest BCUT2D eigenvalue weighted by molar-refractivity contribution is 7.91. The predicted molar refractivity (Wildman–Crippen MR) is 68.3 cm³/mol. The second-order valence-electron chi connectivity index (χ2n) is 5.07. The lowest BCUT2D eigenvalue weighted by molar-refractivity contribution is 0.283. The molecule has 0 unspecified atom stereocenters. The molecule has 0 radical (unpaired) electrons. The SMILES string of the molecule is CCS(=O)(=O)CCNCC1CCC(C)CC1. The van der Waals surface area contributed by atoms with E-state index in [1.807, 2.05) is 0 Å². The highest BCUT2D eigenvalue weighted by Crippen LogP contribution is 2.27. The van der Waals surface area contributed by atoms with Crippen molar-refractivity contribution in [3.8, 4) is 0 Å². The maximum absolute atomic E-state index is 11.3. The Morgan fingerprint density at radius 3 is 2.38 bits per heavy atom. The molecule has 3 nitrogen and oxygen atoms in total. The van der Waals surface area contributed by atoms with Gasteiger partial charge in [-0.25, -0.2) is 8.42 Å². The van der Waals surface area contributed by atoms with E-state index in [4.69, 9.17) is 0 Å². The van der Waals surface area contributed by atoms with Crippen molar-refractivity contribution in [3.05, 3.63) is 0 Å². The third kappa shape index (κ3) is 5.30. The number of rotatable bonds is 6. The molecule has 0 saturated heterocycles. The topological polar surface area (TPSA) is 46.2 Å². The quantitative estimate of drug-likeness (QED) is 0.729. The van der Waals surface area contributed by atoms with Gasteiger partial charge in [0.2, 0.25) is 0 Å². The molecular formula is C12H25NO2S. The number of sulfone groups is 1. The Labute approximate surface area is 99.9 Å². The van der Waals surface area contributed by atoms with Crippen LogP contribution in [0.1, 0.15) is 39.5 Å². The minimum absolute atomic E-state index is 0.260. The second kappa shape index (κ2) is 6.60. The van der Waals surface area contributed by atoms with Crippen LogP contribution in [0.3, 0.4) is 0 Å². The fourth-order valence-corrected chi connectivity index (χ4v) is 2.96. The summed E-state index contributed by atoms with van der Waals surface area (Å²) in [5.41, 5.74) is 0. The summed E-state index contributed by atoms with van der Waals surface area (Å²) >= 11 is 0. The van der Waals surface area contributed by atoms with Gasteiger partial charge in [-0.3, -0.25) is 0 Å². The summed E-state index contributed by atoms with van der Waals surface area (Å²) in [6.07, 6.45) is 5.27. The van der Waals surface area contributed by atoms with E-state index in [0.29, 0.717) is 6.54 Å². The molecule has 1 aliphatic carbocycles. The van der Waals surface area contributed by atoms with E-state index in [1.54, 1.807) is 6.92 Å². The van der Waals surface area contributed by atoms with Crippen LogP contribution in [0.5, 0.6) is 0 Å². The van der Waals surface area contributed by atoms with Crippen LogP contribution in [0.2, 0.25) is 0 Å². The van der Waals surface area contributed by atoms with E-state index in [-0.39, 0.29) is 11.5 Å². The van der Waals surface area contributed by atoms with Crippen molar-refractivity contribution in [1.29, 1.82) is 0 Å². The van der Waals surface area contributed by atoms with Gasteiger partial charge in [0.05, 0.1) is 5.75 Å². The van der Waals surface area contributed by atoms with Crippen molar-refractivity contribution >= 4 is 9.84 Å². The van der Waals surface area contributed by atoms with Gasteiger partial charge in [0.1, 0.15) is 0 Å². The molecule has 1 saturated carbocycles. The fourth-order valence-electron chi connectivity index (χ4n) is 2.21. The van der Waals surface area contributed by atoms with Crippen LogP contribution >= 0.6 is 0 Å². The lowest BCUT2D eigenvalue weighted by Crippen LogP contribution is -2.30. The van der Waals surface area contributed by atoms with E-state index < -0.39 is 9.84 Å². The average molecular weight is 247 g/mol. The summed E-state index contributed by atoms with van der Waals surface area (Å²) in [7, 11) is -2.79. The van der Waals surface area contributed by atoms with Crippen LogP contribution in [-0.2, 0) is 9.84 Å². The molecule has 1 fully saturated rings. The third-order valence-electron chi connectivity index (χ3n) is 3.60. The van der Waals surface area contributed by atoms with E-state index in [9.17, 15) is 8.42 Å². The molecule has 16 heavy (non-hydrogen) atoms. The van der Waals surface area contributed by atoms with Crippen LogP contribution in [0.25, 0.3) is 0 Å². The minimum Gasteiger partial charge on any atom is -0.315 e. The van der Waals surface area contributed by atoms with Gasteiger partial charge >= 0.3 is 0 Å². The summed E-state index contributed by atoms with van der Waals surface area (Å²) < 4.78 is 22.5. The molecule has 0 aromatic rings. The first-order chi connectivity index (χ1) is 7.53. The molecule has 0 amide bonds. The van der Waals surface area contributed by atoms with Gasteiger partial charge in [0, 0.05) is 12.3 Å². The zero-order valence-corrected chi connectivity index (χ0v) is 11.4. The molecule has 0 heterocycles. The Hall–Kier alpha value is -0.0900. The molecule has 0 spiro atoms. The fraction of sp³-hybridized carbons (Fsp3) is 1.00. The highest BCUT2D eigenvalue weighted by Gasteiger charge is 2.17. The first kappa shape index (κ1) is 14.0. The number of nitrogens with one attached hydrogen (secondary N) is 1. The van der Waals surface area contributed by atoms with Crippen molar-refractivity contribution < 1.29 is 8.42 Å². The Kier molecular flexibility index (Phi) is 5.76. The molecule has 0 aliphatic heterocycles. The summed E-state index contributed by atoms with van der Waals surface area (Å²) in [5.74, 6) is 2.19. The first-order valence-corrected chi connectivity index (χ1v) is 8.26. The van der Waals surface area contributed by atoms with Gasteiger partial charge in [-0.2, -0.15) is 0 Å². The smallest absolute Gasteiger partial charge is 0.151 e. The third-order valence-corrected chi connectivity index (χ3v) is 5.30. The van der Waals surface area contributed by atoms with Crippen LogP contribution in [0.15, 0.2) is 0 Å². The molecule has 0 bridgehead atoms. The van der Waals surface area contributed by atoms with Crippen LogP contribution in [0.4, 0.5) is 0 Å². The monoisotopic (exact) mass is 247 g/mol. The predicted octanol–water partition coefficient (Wildman–Crippen LogP) is 1.84. The second-order valence-corrected chi connectivity index (χ2v) is 7.54. The minimum atomic E-state index is -2.79. The lowest BCUT2D eigenvalue weighted by Gasteiger charge is -2.26. The van der Waals surface area contributed by atoms with Crippen molar-refractivity contribution in [2.24, 2.45) is 11.8 Å². The highest BCUT2D eigenvalue weighted by atomic mass is 32.2. The Morgan fingerprint density at radius 2 is 1.81 bits per heavy atom. The summed E-state index contributed by atoms with van der Waals surface area (Å²) in [5, 5.41) is 3.28. The number of hydrogen-bond donors (Lipinski definition) is 1. The van der Waals surface area contributed by atoms with Gasteiger partial charge in [0.25, 0.3) is 0 Å². The Morgan fingerprint density at radius 1 is 1.19 bits per heavy atom. The van der Waals surface area contributed by atoms with E-state index in [1.165, 1.54) is 25.7 Å². The van der Waals surface area contributed by atoms with Crippen molar-refractivity contribution in [1.82, 2.24) is 5.32 Å². The summed E-state index contributed by atoms with van der Waals surface area (Å²) in [4.78, 5) is 0. The normalized spacial score (nSPS) is 26.9. The molecule has 0 atom stereocenters. The van der Waals surface area contributed by atoms with Crippen LogP contribution < -0.4 is 5.32 Å². The van der Waals surface area contributed by atoms with Crippen LogP contribution in [-0.4, -0.2) is 33.0 Å². The first-order valence-electron chi connectivity index (χ1n) is 6.44. The Bertz CT molecular complexity index is 279. The van der Waals surface area contributed by atoms with E-state index >= 15 is 0 Å². The molecule has 96 valence electrons. The lowest BCUT2D eigenvalue weighted by atomic mass is 9.83. The molecule has 1 N–H and O–H groups in total. The molecule has 4 heteroatoms. The standard InChI is InChI=1S/C12H25NO2S/c1-3-16(14,15)9-8-13-10-12-6-4-11(2)5-7-12/h11-13H,3-10H2,1-2H3. The van der Waals surface area contributed by atoms with Gasteiger partial charge in [0.15, 0.2) is 9.84 Å². The maximum Gasteiger partial charge on any atom is 0.151 e. The van der Waals surface area contributed by atoms with Crippen molar-refractivity contribution in [2.45, 2.75) is 39.5 Å². The van der Waals surface area contributed by atoms with Gasteiger partial charge in [-0.05, 0) is 31.2 Å². The zero-order chi connectivity index (χ0) is 12.0. The zero-order valence-electron chi connectivity index (χ0n) is 10.5. The largest absolute Gasteiger partial charge is 0.315 e. The van der Waals surface area contributed by atoms with E-state index in [2.05, 4.69) is 12.2 Å². The van der Waals surface area contributed by atoms with Gasteiger partial charge in [-0.1, -0.05) is 26.7 Å². The van der Waals surface area contributed by atoms with Gasteiger partial charge < -0.3 is 5.32 Å². The maximum atomic E-state index is 11.3. The molecule has 1 rings (SSSR count).